The van der Waals surface area contributed by atoms with Crippen molar-refractivity contribution in [1.29, 1.82) is 0 Å². The van der Waals surface area contributed by atoms with Crippen LogP contribution in [0.25, 0.3) is 0 Å². The third kappa shape index (κ3) is 3.14. The molecule has 4 nitrogen and oxygen atoms in total. The van der Waals surface area contributed by atoms with Gasteiger partial charge in [0.25, 0.3) is 0 Å². The van der Waals surface area contributed by atoms with Gasteiger partial charge in [-0.1, -0.05) is 12.1 Å². The number of piperazine rings is 1. The quantitative estimate of drug-likeness (QED) is 0.878. The van der Waals surface area contributed by atoms with E-state index in [0.29, 0.717) is 0 Å². The summed E-state index contributed by atoms with van der Waals surface area (Å²) in [6.45, 7) is 8.31. The Morgan fingerprint density at radius 1 is 1.05 bits per heavy atom. The van der Waals surface area contributed by atoms with Gasteiger partial charge in [-0.05, 0) is 17.7 Å². The first kappa shape index (κ1) is 13.9. The first-order chi connectivity index (χ1) is 9.72. The highest BCUT2D eigenvalue weighted by Crippen LogP contribution is 2.15. The van der Waals surface area contributed by atoms with Crippen LogP contribution in [0.5, 0.6) is 0 Å². The molecule has 0 radical (unpaired) electrons. The summed E-state index contributed by atoms with van der Waals surface area (Å²) in [5, 5.41) is 3.36. The van der Waals surface area contributed by atoms with Crippen LogP contribution < -0.4 is 10.2 Å². The normalized spacial score (nSPS) is 21.7. The lowest BCUT2D eigenvalue weighted by Gasteiger charge is -2.43. The Labute approximate surface area is 122 Å². The Bertz CT molecular complexity index is 417. The number of hydrogen-bond donors (Lipinski definition) is 1. The van der Waals surface area contributed by atoms with Crippen LogP contribution in [-0.4, -0.2) is 69.2 Å². The zero-order chi connectivity index (χ0) is 13.9. The molecule has 2 aliphatic heterocycles. The molecule has 2 fully saturated rings. The first-order valence-electron chi connectivity index (χ1n) is 7.66. The van der Waals surface area contributed by atoms with E-state index in [0.717, 1.165) is 12.6 Å². The third-order valence-corrected chi connectivity index (χ3v) is 4.54. The van der Waals surface area contributed by atoms with E-state index in [1.54, 1.807) is 0 Å². The van der Waals surface area contributed by atoms with Crippen molar-refractivity contribution in [2.75, 3.05) is 58.3 Å². The molecule has 2 aliphatic rings. The summed E-state index contributed by atoms with van der Waals surface area (Å²) in [5.41, 5.74) is 2.70. The average Bonchev–Trinajstić information content (AvgIpc) is 2.39. The van der Waals surface area contributed by atoms with Gasteiger partial charge in [0.1, 0.15) is 0 Å². The molecule has 0 spiro atoms. The molecule has 20 heavy (non-hydrogen) atoms. The van der Waals surface area contributed by atoms with Crippen LogP contribution in [0.4, 0.5) is 5.69 Å². The minimum Gasteiger partial charge on any atom is -0.378 e. The summed E-state index contributed by atoms with van der Waals surface area (Å²) in [4.78, 5) is 7.37. The minimum atomic E-state index is 0.802. The number of benzene rings is 1. The number of hydrogen-bond acceptors (Lipinski definition) is 4. The zero-order valence-corrected chi connectivity index (χ0v) is 12.7. The second kappa shape index (κ2) is 6.12. The van der Waals surface area contributed by atoms with Crippen molar-refractivity contribution in [1.82, 2.24) is 15.1 Å². The number of rotatable bonds is 4. The summed E-state index contributed by atoms with van der Waals surface area (Å²) < 4.78 is 0. The highest BCUT2D eigenvalue weighted by Gasteiger charge is 2.27. The summed E-state index contributed by atoms with van der Waals surface area (Å²) >= 11 is 0. The lowest BCUT2D eigenvalue weighted by atomic mass is 10.1. The molecule has 0 atom stereocenters. The van der Waals surface area contributed by atoms with Crippen LogP contribution in [0.1, 0.15) is 5.56 Å². The summed E-state index contributed by atoms with van der Waals surface area (Å²) in [6.07, 6.45) is 0. The Balaban J connectivity index is 1.49. The van der Waals surface area contributed by atoms with E-state index in [1.807, 2.05) is 0 Å². The molecule has 1 aromatic rings. The summed E-state index contributed by atoms with van der Waals surface area (Å²) in [5.74, 6) is 0. The number of anilines is 1. The highest BCUT2D eigenvalue weighted by molar-refractivity contribution is 5.45. The maximum absolute atomic E-state index is 3.36. The van der Waals surface area contributed by atoms with Crippen molar-refractivity contribution in [3.8, 4) is 0 Å². The maximum atomic E-state index is 3.36. The largest absolute Gasteiger partial charge is 0.378 e. The van der Waals surface area contributed by atoms with Gasteiger partial charge >= 0.3 is 0 Å². The molecule has 0 saturated carbocycles. The lowest BCUT2D eigenvalue weighted by molar-refractivity contribution is 0.0696. The molecular formula is C16H26N4. The van der Waals surface area contributed by atoms with Gasteiger partial charge in [0, 0.05) is 71.6 Å². The topological polar surface area (TPSA) is 21.8 Å². The van der Waals surface area contributed by atoms with Gasteiger partial charge in [-0.25, -0.2) is 0 Å². The number of nitrogens with zero attached hydrogens (tertiary/aromatic N) is 3. The van der Waals surface area contributed by atoms with E-state index in [-0.39, 0.29) is 0 Å². The van der Waals surface area contributed by atoms with Crippen LogP contribution in [-0.2, 0) is 6.54 Å². The van der Waals surface area contributed by atoms with Gasteiger partial charge in [0.2, 0.25) is 0 Å². The summed E-state index contributed by atoms with van der Waals surface area (Å²) in [6, 6.07) is 9.75. The van der Waals surface area contributed by atoms with E-state index in [1.165, 1.54) is 50.5 Å². The van der Waals surface area contributed by atoms with Crippen molar-refractivity contribution in [2.45, 2.75) is 12.6 Å². The molecule has 2 heterocycles. The van der Waals surface area contributed by atoms with Crippen molar-refractivity contribution in [3.05, 3.63) is 29.8 Å². The van der Waals surface area contributed by atoms with Crippen LogP contribution in [0.2, 0.25) is 0 Å². The van der Waals surface area contributed by atoms with Crippen molar-refractivity contribution >= 4 is 5.69 Å². The van der Waals surface area contributed by atoms with Gasteiger partial charge in [-0.3, -0.25) is 9.80 Å². The lowest BCUT2D eigenvalue weighted by Crippen LogP contribution is -2.61. The van der Waals surface area contributed by atoms with E-state index < -0.39 is 0 Å². The average molecular weight is 274 g/mol. The third-order valence-electron chi connectivity index (χ3n) is 4.54. The molecule has 4 heteroatoms. The van der Waals surface area contributed by atoms with Crippen LogP contribution in [0.3, 0.4) is 0 Å². The Kier molecular flexibility index (Phi) is 4.24. The molecule has 0 amide bonds. The fraction of sp³-hybridized carbons (Fsp3) is 0.625. The fourth-order valence-electron chi connectivity index (χ4n) is 2.98. The van der Waals surface area contributed by atoms with Crippen LogP contribution in [0, 0.1) is 0 Å². The highest BCUT2D eigenvalue weighted by atomic mass is 15.3. The second-order valence-corrected chi connectivity index (χ2v) is 6.19. The maximum Gasteiger partial charge on any atom is 0.0361 e. The van der Waals surface area contributed by atoms with Crippen LogP contribution >= 0.6 is 0 Å². The smallest absolute Gasteiger partial charge is 0.0361 e. The molecular weight excluding hydrogens is 248 g/mol. The predicted molar refractivity (Wildman–Crippen MR) is 84.3 cm³/mol. The van der Waals surface area contributed by atoms with Gasteiger partial charge in [0.15, 0.2) is 0 Å². The first-order valence-corrected chi connectivity index (χ1v) is 7.66. The fourth-order valence-corrected chi connectivity index (χ4v) is 2.98. The second-order valence-electron chi connectivity index (χ2n) is 6.19. The SMILES string of the molecule is CN(C)c1ccc(CN2CCN(C3CNC3)CC2)cc1. The molecule has 0 unspecified atom stereocenters. The van der Waals surface area contributed by atoms with Crippen molar-refractivity contribution in [2.24, 2.45) is 0 Å². The monoisotopic (exact) mass is 274 g/mol. The Morgan fingerprint density at radius 3 is 2.20 bits per heavy atom. The van der Waals surface area contributed by atoms with Crippen LogP contribution in [0.15, 0.2) is 24.3 Å². The molecule has 110 valence electrons. The Hall–Kier alpha value is -1.10. The van der Waals surface area contributed by atoms with Gasteiger partial charge in [-0.2, -0.15) is 0 Å². The minimum absolute atomic E-state index is 0.802. The molecule has 0 bridgehead atoms. The van der Waals surface area contributed by atoms with E-state index >= 15 is 0 Å². The standard InChI is InChI=1S/C16H26N4/c1-18(2)15-5-3-14(4-6-15)13-19-7-9-20(10-8-19)16-11-17-12-16/h3-6,16-17H,7-13H2,1-2H3. The van der Waals surface area contributed by atoms with E-state index in [9.17, 15) is 0 Å². The molecule has 1 N–H and O–H groups in total. The van der Waals surface area contributed by atoms with Gasteiger partial charge < -0.3 is 10.2 Å². The molecule has 1 aromatic carbocycles. The number of nitrogens with one attached hydrogen (secondary N) is 1. The van der Waals surface area contributed by atoms with E-state index in [4.69, 9.17) is 0 Å². The molecule has 3 rings (SSSR count). The summed E-state index contributed by atoms with van der Waals surface area (Å²) in [7, 11) is 4.17. The zero-order valence-electron chi connectivity index (χ0n) is 12.7. The predicted octanol–water partition coefficient (Wildman–Crippen LogP) is 0.842. The van der Waals surface area contributed by atoms with Crippen molar-refractivity contribution < 1.29 is 0 Å². The van der Waals surface area contributed by atoms with Crippen molar-refractivity contribution in [3.63, 3.8) is 0 Å². The molecule has 0 aliphatic carbocycles. The van der Waals surface area contributed by atoms with E-state index in [2.05, 4.69) is 58.4 Å². The Morgan fingerprint density at radius 2 is 1.70 bits per heavy atom. The van der Waals surface area contributed by atoms with Gasteiger partial charge in [0.05, 0.1) is 0 Å². The van der Waals surface area contributed by atoms with Gasteiger partial charge in [-0.15, -0.1) is 0 Å². The molecule has 0 aromatic heterocycles. The molecule has 2 saturated heterocycles.